The molecule has 0 aliphatic rings. The van der Waals surface area contributed by atoms with Gasteiger partial charge >= 0.3 is 23.9 Å². The largest absolute Gasteiger partial charge is 0.478 e. The zero-order valence-corrected chi connectivity index (χ0v) is 18.2. The number of carboxylic acid groups (broad SMARTS) is 4. The molecule has 0 radical (unpaired) electrons. The first-order valence-corrected chi connectivity index (χ1v) is 8.33. The van der Waals surface area contributed by atoms with Gasteiger partial charge in [-0.3, -0.25) is 0 Å². The summed E-state index contributed by atoms with van der Waals surface area (Å²) in [6.07, 6.45) is 6.61. The number of hydrogen-bond acceptors (Lipinski definition) is 8. The predicted octanol–water partition coefficient (Wildman–Crippen LogP) is 0.328. The molecule has 0 rings (SSSR count). The first-order valence-electron chi connectivity index (χ1n) is 8.33. The zero-order valence-electron chi connectivity index (χ0n) is 18.2. The summed E-state index contributed by atoms with van der Waals surface area (Å²) in [4.78, 5) is 37.0. The van der Waals surface area contributed by atoms with Gasteiger partial charge in [-0.2, -0.15) is 0 Å². The summed E-state index contributed by atoms with van der Waals surface area (Å²) in [6, 6.07) is 0. The highest BCUT2D eigenvalue weighted by Crippen LogP contribution is 2.11. The Balaban J connectivity index is -0.0000000681. The Morgan fingerprint density at radius 3 is 0.606 bits per heavy atom. The molecule has 0 unspecified atom stereocenters. The van der Waals surface area contributed by atoms with Gasteiger partial charge in [0.15, 0.2) is 0 Å². The summed E-state index contributed by atoms with van der Waals surface area (Å²) in [6.45, 7) is 16.9. The van der Waals surface area contributed by atoms with Crippen LogP contribution in [0.15, 0.2) is 75.9 Å². The molecular weight excluding hydrogens is 444 g/mol. The number of allylic oxidation sites excluding steroid dienone is 2. The van der Waals surface area contributed by atoms with Gasteiger partial charge in [0.2, 0.25) is 0 Å². The molecular formula is C21H34O12. The number of aliphatic hydroxyl groups excluding tert-OH is 4. The van der Waals surface area contributed by atoms with Crippen LogP contribution in [0, 0.1) is 5.41 Å². The lowest BCUT2D eigenvalue weighted by molar-refractivity contribution is -0.132. The van der Waals surface area contributed by atoms with Gasteiger partial charge in [0.25, 0.3) is 0 Å². The first kappa shape index (κ1) is 43.1. The summed E-state index contributed by atoms with van der Waals surface area (Å²) in [7, 11) is 0. The van der Waals surface area contributed by atoms with Crippen LogP contribution in [0.5, 0.6) is 0 Å². The summed E-state index contributed by atoms with van der Waals surface area (Å²) in [5, 5.41) is 64.4. The summed E-state index contributed by atoms with van der Waals surface area (Å²) < 4.78 is 0. The second-order valence-corrected chi connectivity index (χ2v) is 4.77. The topological polar surface area (TPSA) is 230 Å². The number of aliphatic carboxylic acids is 4. The zero-order chi connectivity index (χ0) is 27.9. The average Bonchev–Trinajstić information content (AvgIpc) is 2.82. The molecule has 0 aromatic carbocycles. The number of carbonyl (C=O) groups is 4. The maximum Gasteiger partial charge on any atom is 0.327 e. The van der Waals surface area contributed by atoms with E-state index >= 15 is 0 Å². The third-order valence-electron chi connectivity index (χ3n) is 2.21. The minimum atomic E-state index is -1.11. The van der Waals surface area contributed by atoms with E-state index < -0.39 is 55.7 Å². The smallest absolute Gasteiger partial charge is 0.327 e. The van der Waals surface area contributed by atoms with Crippen molar-refractivity contribution in [3.8, 4) is 0 Å². The molecule has 0 aromatic heterocycles. The van der Waals surface area contributed by atoms with E-state index in [4.69, 9.17) is 40.9 Å². The van der Waals surface area contributed by atoms with Crippen LogP contribution in [0.1, 0.15) is 0 Å². The number of aliphatic hydroxyl groups is 4. The van der Waals surface area contributed by atoms with Gasteiger partial charge in [-0.1, -0.05) is 51.6 Å². The van der Waals surface area contributed by atoms with Crippen LogP contribution >= 0.6 is 0 Å². The molecule has 0 bridgehead atoms. The fourth-order valence-electron chi connectivity index (χ4n) is 0.300. The summed E-state index contributed by atoms with van der Waals surface area (Å²) in [5.41, 5.74) is -1.11. The van der Waals surface area contributed by atoms with Crippen LogP contribution in [0.2, 0.25) is 0 Å². The predicted molar refractivity (Wildman–Crippen MR) is 123 cm³/mol. The SMILES string of the molecule is C=CC(=O)O.C=CC(=O)O.C=CC(=O)O.C=CC(=O)O.C=CC=C.OCC(CO)(CO)CO. The van der Waals surface area contributed by atoms with Crippen LogP contribution in [0.3, 0.4) is 0 Å². The van der Waals surface area contributed by atoms with Crippen molar-refractivity contribution in [2.24, 2.45) is 5.41 Å². The number of rotatable bonds is 9. The van der Waals surface area contributed by atoms with Gasteiger partial charge in [0.05, 0.1) is 31.8 Å². The quantitative estimate of drug-likeness (QED) is 0.165. The molecule has 0 aliphatic carbocycles. The highest BCUT2D eigenvalue weighted by molar-refractivity contribution is 5.79. The molecule has 0 aromatic rings. The Morgan fingerprint density at radius 1 is 0.485 bits per heavy atom. The van der Waals surface area contributed by atoms with Crippen LogP contribution < -0.4 is 0 Å². The van der Waals surface area contributed by atoms with Crippen molar-refractivity contribution >= 4 is 23.9 Å². The second kappa shape index (κ2) is 35.6. The Labute approximate surface area is 192 Å². The Morgan fingerprint density at radius 2 is 0.606 bits per heavy atom. The Kier molecular flexibility index (Phi) is 46.5. The van der Waals surface area contributed by atoms with Crippen molar-refractivity contribution in [3.05, 3.63) is 75.9 Å². The average molecular weight is 478 g/mol. The lowest BCUT2D eigenvalue weighted by Crippen LogP contribution is -2.37. The normalized spacial score (nSPS) is 7.76. The van der Waals surface area contributed by atoms with E-state index in [2.05, 4.69) is 39.5 Å². The van der Waals surface area contributed by atoms with E-state index in [-0.39, 0.29) is 0 Å². The molecule has 190 valence electrons. The van der Waals surface area contributed by atoms with E-state index in [0.29, 0.717) is 0 Å². The molecule has 0 amide bonds. The second-order valence-electron chi connectivity index (χ2n) is 4.77. The monoisotopic (exact) mass is 478 g/mol. The van der Waals surface area contributed by atoms with E-state index in [1.165, 1.54) is 0 Å². The van der Waals surface area contributed by atoms with Crippen molar-refractivity contribution in [1.82, 2.24) is 0 Å². The van der Waals surface area contributed by atoms with Crippen molar-refractivity contribution < 1.29 is 60.0 Å². The van der Waals surface area contributed by atoms with Crippen molar-refractivity contribution in [2.45, 2.75) is 0 Å². The van der Waals surface area contributed by atoms with Gasteiger partial charge in [0, 0.05) is 24.3 Å². The Bertz CT molecular complexity index is 495. The molecule has 0 atom stereocenters. The minimum absolute atomic E-state index is 0.406. The maximum absolute atomic E-state index is 9.25. The third-order valence-corrected chi connectivity index (χ3v) is 2.21. The number of carboxylic acids is 4. The van der Waals surface area contributed by atoms with E-state index in [9.17, 15) is 19.2 Å². The van der Waals surface area contributed by atoms with Crippen LogP contribution in [0.25, 0.3) is 0 Å². The maximum atomic E-state index is 9.25. The molecule has 33 heavy (non-hydrogen) atoms. The lowest BCUT2D eigenvalue weighted by atomic mass is 9.93. The van der Waals surface area contributed by atoms with E-state index in [0.717, 1.165) is 24.3 Å². The van der Waals surface area contributed by atoms with Gasteiger partial charge in [0.1, 0.15) is 0 Å². The van der Waals surface area contributed by atoms with Crippen LogP contribution in [-0.2, 0) is 19.2 Å². The fraction of sp³-hybridized carbons (Fsp3) is 0.238. The minimum Gasteiger partial charge on any atom is -0.478 e. The first-order chi connectivity index (χ1) is 15.2. The molecule has 12 nitrogen and oxygen atoms in total. The summed E-state index contributed by atoms with van der Waals surface area (Å²) in [5.74, 6) is -3.93. The molecule has 12 heteroatoms. The van der Waals surface area contributed by atoms with Gasteiger partial charge in [-0.15, -0.1) is 0 Å². The Hall–Kier alpha value is -3.84. The van der Waals surface area contributed by atoms with E-state index in [1.807, 2.05) is 0 Å². The van der Waals surface area contributed by atoms with Gasteiger partial charge < -0.3 is 40.9 Å². The van der Waals surface area contributed by atoms with E-state index in [1.54, 1.807) is 12.2 Å². The molecule has 0 spiro atoms. The van der Waals surface area contributed by atoms with Crippen molar-refractivity contribution in [2.75, 3.05) is 26.4 Å². The molecule has 0 saturated heterocycles. The molecule has 0 saturated carbocycles. The highest BCUT2D eigenvalue weighted by atomic mass is 16.4. The summed E-state index contributed by atoms with van der Waals surface area (Å²) >= 11 is 0. The van der Waals surface area contributed by atoms with Gasteiger partial charge in [-0.25, -0.2) is 19.2 Å². The molecule has 0 fully saturated rings. The third kappa shape index (κ3) is 65.4. The van der Waals surface area contributed by atoms with Crippen molar-refractivity contribution in [1.29, 1.82) is 0 Å². The molecule has 0 heterocycles. The molecule has 8 N–H and O–H groups in total. The van der Waals surface area contributed by atoms with Crippen molar-refractivity contribution in [3.63, 3.8) is 0 Å². The van der Waals surface area contributed by atoms with Gasteiger partial charge in [-0.05, 0) is 0 Å². The van der Waals surface area contributed by atoms with Crippen LogP contribution in [0.4, 0.5) is 0 Å². The standard InChI is InChI=1S/C5H12O4.C4H6.4C3H4O2/c6-1-5(2-7,3-8)4-9;1-3-4-2;4*1-2-3(4)5/h6-9H,1-4H2;3-4H,1-2H2;4*2H,1H2,(H,4,5). The number of hydrogen-bond donors (Lipinski definition) is 8. The fourth-order valence-corrected chi connectivity index (χ4v) is 0.300. The molecule has 0 aliphatic heterocycles. The van der Waals surface area contributed by atoms with Crippen LogP contribution in [-0.4, -0.2) is 91.2 Å². The lowest BCUT2D eigenvalue weighted by Gasteiger charge is -2.23. The highest BCUT2D eigenvalue weighted by Gasteiger charge is 2.26.